The lowest BCUT2D eigenvalue weighted by molar-refractivity contribution is 0.0952. The number of benzene rings is 1. The van der Waals surface area contributed by atoms with Crippen molar-refractivity contribution in [2.45, 2.75) is 47.1 Å². The summed E-state index contributed by atoms with van der Waals surface area (Å²) < 4.78 is 26.2. The number of hydrogen-bond donors (Lipinski definition) is 1. The topological polar surface area (TPSA) is 154 Å². The first-order valence-corrected chi connectivity index (χ1v) is 16.8. The second-order valence-corrected chi connectivity index (χ2v) is 13.1. The molecule has 1 aliphatic rings. The van der Waals surface area contributed by atoms with Gasteiger partial charge in [-0.05, 0) is 68.5 Å². The van der Waals surface area contributed by atoms with Gasteiger partial charge in [-0.25, -0.2) is 18.4 Å². The lowest BCUT2D eigenvalue weighted by Gasteiger charge is -2.11. The van der Waals surface area contributed by atoms with Gasteiger partial charge in [0.15, 0.2) is 15.6 Å². The molecular weight excluding hydrogens is 579 g/mol. The Kier molecular flexibility index (Phi) is 9.49. The Hall–Kier alpha value is -3.71. The normalized spacial score (nSPS) is 12.8. The molecule has 9 nitrogen and oxygen atoms in total. The van der Waals surface area contributed by atoms with Crippen LogP contribution in [0, 0.1) is 29.6 Å². The van der Waals surface area contributed by atoms with E-state index in [0.29, 0.717) is 22.2 Å². The number of ketones is 1. The number of Topliss-reactive ketones (excluding diaryl/α,β-unsaturated/α-hetero) is 1. The molecule has 210 valence electrons. The Morgan fingerprint density at radius 1 is 0.976 bits per heavy atom. The molecule has 1 N–H and O–H groups in total. The van der Waals surface area contributed by atoms with Crippen LogP contribution in [0.5, 0.6) is 0 Å². The van der Waals surface area contributed by atoms with Gasteiger partial charge < -0.3 is 5.32 Å². The molecular formula is C29H27N5O4S3. The highest BCUT2D eigenvalue weighted by atomic mass is 32.2. The fraction of sp³-hybridized carbons (Fsp3) is 0.310. The van der Waals surface area contributed by atoms with Crippen molar-refractivity contribution in [2.24, 2.45) is 0 Å². The average Bonchev–Trinajstić information content (AvgIpc) is 3.81. The molecule has 1 saturated carbocycles. The molecule has 12 heteroatoms. The third-order valence-electron chi connectivity index (χ3n) is 6.57. The summed E-state index contributed by atoms with van der Waals surface area (Å²) in [5, 5.41) is 22.9. The Labute approximate surface area is 247 Å². The number of aryl methyl sites for hydroxylation is 1. The predicted octanol–water partition coefficient (Wildman–Crippen LogP) is 4.48. The van der Waals surface area contributed by atoms with Crippen LogP contribution < -0.4 is 5.32 Å². The van der Waals surface area contributed by atoms with Gasteiger partial charge in [0.1, 0.15) is 27.9 Å². The third-order valence-corrected chi connectivity index (χ3v) is 9.57. The van der Waals surface area contributed by atoms with Crippen molar-refractivity contribution in [3.8, 4) is 12.1 Å². The van der Waals surface area contributed by atoms with E-state index in [-0.39, 0.29) is 45.5 Å². The van der Waals surface area contributed by atoms with Crippen LogP contribution in [-0.4, -0.2) is 54.9 Å². The van der Waals surface area contributed by atoms with Crippen LogP contribution in [0.4, 0.5) is 0 Å². The highest BCUT2D eigenvalue weighted by Gasteiger charge is 2.30. The maximum atomic E-state index is 13.1. The van der Waals surface area contributed by atoms with E-state index in [1.54, 1.807) is 43.7 Å². The van der Waals surface area contributed by atoms with Gasteiger partial charge in [0.2, 0.25) is 0 Å². The maximum Gasteiger partial charge on any atom is 0.252 e. The van der Waals surface area contributed by atoms with E-state index >= 15 is 0 Å². The van der Waals surface area contributed by atoms with Crippen LogP contribution in [0.1, 0.15) is 67.6 Å². The number of carbonyl (C=O) groups excluding carboxylic acids is 2. The Bertz CT molecular complexity index is 1700. The number of nitrogens with zero attached hydrogens (tertiary/aromatic N) is 4. The highest BCUT2D eigenvalue weighted by Crippen LogP contribution is 2.40. The van der Waals surface area contributed by atoms with Crippen LogP contribution in [0.15, 0.2) is 51.3 Å². The molecule has 0 saturated heterocycles. The monoisotopic (exact) mass is 605 g/mol. The fourth-order valence-corrected chi connectivity index (χ4v) is 6.67. The molecule has 1 fully saturated rings. The van der Waals surface area contributed by atoms with Gasteiger partial charge in [-0.3, -0.25) is 9.59 Å². The standard InChI is InChI=1S/C29H27N5O4S3/c1-17-12-22(24(15-31)28(33-17)39-2)27(36)32-11-10-18-4-8-20(9-5-18)41(37,38)16-26(35)21-13-25(19-6-7-19)34-29(40-3)23(21)14-30/h4-5,8-9,12-13,19H,6-7,10-11,16H2,1-3H3,(H,32,36). The van der Waals surface area contributed by atoms with Gasteiger partial charge >= 0.3 is 0 Å². The molecule has 1 aliphatic carbocycles. The first-order chi connectivity index (χ1) is 19.6. The molecule has 0 spiro atoms. The van der Waals surface area contributed by atoms with E-state index in [1.165, 1.54) is 35.7 Å². The average molecular weight is 606 g/mol. The fourth-order valence-electron chi connectivity index (χ4n) is 4.30. The molecule has 41 heavy (non-hydrogen) atoms. The zero-order valence-corrected chi connectivity index (χ0v) is 25.2. The molecule has 0 unspecified atom stereocenters. The number of amides is 1. The third kappa shape index (κ3) is 6.96. The van der Waals surface area contributed by atoms with Crippen molar-refractivity contribution < 1.29 is 18.0 Å². The minimum absolute atomic E-state index is 0.00535. The molecule has 0 aliphatic heterocycles. The quantitative estimate of drug-likeness (QED) is 0.244. The summed E-state index contributed by atoms with van der Waals surface area (Å²) in [6, 6.07) is 13.4. The van der Waals surface area contributed by atoms with Crippen LogP contribution >= 0.6 is 23.5 Å². The van der Waals surface area contributed by atoms with Crippen molar-refractivity contribution >= 4 is 45.1 Å². The SMILES string of the molecule is CSc1nc(C2CC2)cc(C(=O)CS(=O)(=O)c2ccc(CCNC(=O)c3cc(C)nc(SC)c3C#N)cc2)c1C#N. The van der Waals surface area contributed by atoms with Crippen LogP contribution in [0.25, 0.3) is 0 Å². The first kappa shape index (κ1) is 30.3. The van der Waals surface area contributed by atoms with Crippen molar-refractivity contribution in [1.29, 1.82) is 10.5 Å². The van der Waals surface area contributed by atoms with Crippen LogP contribution in [0.3, 0.4) is 0 Å². The Morgan fingerprint density at radius 3 is 2.17 bits per heavy atom. The summed E-state index contributed by atoms with van der Waals surface area (Å²) in [5.74, 6) is -1.55. The second-order valence-electron chi connectivity index (χ2n) is 9.50. The number of thioether (sulfide) groups is 2. The Morgan fingerprint density at radius 2 is 1.59 bits per heavy atom. The van der Waals surface area contributed by atoms with Crippen LogP contribution in [0.2, 0.25) is 0 Å². The first-order valence-electron chi connectivity index (χ1n) is 12.7. The van der Waals surface area contributed by atoms with Gasteiger partial charge in [0, 0.05) is 29.4 Å². The van der Waals surface area contributed by atoms with Gasteiger partial charge in [0.05, 0.1) is 21.6 Å². The minimum atomic E-state index is -3.97. The number of carbonyl (C=O) groups is 2. The van der Waals surface area contributed by atoms with Crippen molar-refractivity contribution in [1.82, 2.24) is 15.3 Å². The minimum Gasteiger partial charge on any atom is -0.352 e. The van der Waals surface area contributed by atoms with Gasteiger partial charge in [0.25, 0.3) is 5.91 Å². The molecule has 2 aromatic heterocycles. The molecule has 2 heterocycles. The van der Waals surface area contributed by atoms with E-state index in [2.05, 4.69) is 21.4 Å². The Balaban J connectivity index is 1.42. The molecule has 0 radical (unpaired) electrons. The molecule has 4 rings (SSSR count). The molecule has 3 aromatic rings. The van der Waals surface area contributed by atoms with Crippen molar-refractivity contribution in [3.63, 3.8) is 0 Å². The number of aromatic nitrogens is 2. The number of nitrogens with one attached hydrogen (secondary N) is 1. The van der Waals surface area contributed by atoms with E-state index in [1.807, 2.05) is 6.07 Å². The number of hydrogen-bond acceptors (Lipinski definition) is 10. The maximum absolute atomic E-state index is 13.1. The van der Waals surface area contributed by atoms with Crippen molar-refractivity contribution in [2.75, 3.05) is 24.8 Å². The van der Waals surface area contributed by atoms with Gasteiger partial charge in [-0.1, -0.05) is 12.1 Å². The van der Waals surface area contributed by atoms with E-state index < -0.39 is 21.4 Å². The van der Waals surface area contributed by atoms with E-state index in [4.69, 9.17) is 0 Å². The lowest BCUT2D eigenvalue weighted by atomic mass is 10.1. The summed E-state index contributed by atoms with van der Waals surface area (Å²) >= 11 is 2.56. The summed E-state index contributed by atoms with van der Waals surface area (Å²) in [7, 11) is -3.97. The summed E-state index contributed by atoms with van der Waals surface area (Å²) in [6.45, 7) is 2.03. The smallest absolute Gasteiger partial charge is 0.252 e. The molecule has 0 bridgehead atoms. The molecule has 1 amide bonds. The highest BCUT2D eigenvalue weighted by molar-refractivity contribution is 7.98. The zero-order chi connectivity index (χ0) is 29.7. The summed E-state index contributed by atoms with van der Waals surface area (Å²) in [4.78, 5) is 34.7. The molecule has 0 atom stereocenters. The second kappa shape index (κ2) is 12.9. The number of nitriles is 2. The number of pyridine rings is 2. The summed E-state index contributed by atoms with van der Waals surface area (Å²) in [6.07, 6.45) is 5.90. The van der Waals surface area contributed by atoms with E-state index in [0.717, 1.165) is 24.1 Å². The number of rotatable bonds is 11. The predicted molar refractivity (Wildman–Crippen MR) is 157 cm³/mol. The van der Waals surface area contributed by atoms with Crippen molar-refractivity contribution in [3.05, 3.63) is 75.6 Å². The van der Waals surface area contributed by atoms with Crippen LogP contribution in [-0.2, 0) is 16.3 Å². The van der Waals surface area contributed by atoms with Gasteiger partial charge in [-0.15, -0.1) is 23.5 Å². The summed E-state index contributed by atoms with van der Waals surface area (Å²) in [5.41, 5.74) is 2.83. The molecule has 1 aromatic carbocycles. The van der Waals surface area contributed by atoms with Gasteiger partial charge in [-0.2, -0.15) is 10.5 Å². The number of sulfone groups is 1. The van der Waals surface area contributed by atoms with E-state index in [9.17, 15) is 28.5 Å². The largest absolute Gasteiger partial charge is 0.352 e. The zero-order valence-electron chi connectivity index (χ0n) is 22.7. The lowest BCUT2D eigenvalue weighted by Crippen LogP contribution is -2.27.